The molecule has 0 unspecified atom stereocenters. The Kier molecular flexibility index (Phi) is 3.77. The molecule has 3 nitrogen and oxygen atoms in total. The summed E-state index contributed by atoms with van der Waals surface area (Å²) in [6.07, 6.45) is 0. The van der Waals surface area contributed by atoms with E-state index in [-0.39, 0.29) is 16.3 Å². The van der Waals surface area contributed by atoms with Crippen molar-refractivity contribution in [2.75, 3.05) is 5.32 Å². The van der Waals surface area contributed by atoms with Gasteiger partial charge in [-0.25, -0.2) is 0 Å². The molecule has 0 radical (unpaired) electrons. The maximum Gasteiger partial charge on any atom is 0.253 e. The summed E-state index contributed by atoms with van der Waals surface area (Å²) in [5.74, 6) is -7.00. The molecule has 102 valence electrons. The van der Waals surface area contributed by atoms with Crippen LogP contribution in [0.5, 0.6) is 0 Å². The van der Waals surface area contributed by atoms with Crippen molar-refractivity contribution in [3.63, 3.8) is 0 Å². The van der Waals surface area contributed by atoms with E-state index in [0.29, 0.717) is 0 Å². The SMILES string of the molecule is N#Cc1ccc(Cl)cc1Nc1c(F)c(F)nc(F)c1F. The summed E-state index contributed by atoms with van der Waals surface area (Å²) >= 11 is 5.68. The first-order valence-electron chi connectivity index (χ1n) is 5.10. The smallest absolute Gasteiger partial charge is 0.253 e. The van der Waals surface area contributed by atoms with Gasteiger partial charge in [0.25, 0.3) is 11.9 Å². The molecule has 0 fully saturated rings. The highest BCUT2D eigenvalue weighted by atomic mass is 35.5. The zero-order valence-electron chi connectivity index (χ0n) is 9.52. The average Bonchev–Trinajstić information content (AvgIpc) is 2.41. The second-order valence-electron chi connectivity index (χ2n) is 3.62. The topological polar surface area (TPSA) is 48.7 Å². The van der Waals surface area contributed by atoms with Crippen LogP contribution in [0.1, 0.15) is 5.56 Å². The molecule has 8 heteroatoms. The molecule has 2 rings (SSSR count). The summed E-state index contributed by atoms with van der Waals surface area (Å²) in [5, 5.41) is 11.1. The minimum Gasteiger partial charge on any atom is -0.349 e. The van der Waals surface area contributed by atoms with Crippen LogP contribution in [0.4, 0.5) is 28.9 Å². The number of nitrogens with one attached hydrogen (secondary N) is 1. The van der Waals surface area contributed by atoms with Crippen molar-refractivity contribution in [2.24, 2.45) is 0 Å². The molecule has 1 N–H and O–H groups in total. The van der Waals surface area contributed by atoms with E-state index in [4.69, 9.17) is 16.9 Å². The van der Waals surface area contributed by atoms with Crippen molar-refractivity contribution in [3.8, 4) is 6.07 Å². The number of benzene rings is 1. The van der Waals surface area contributed by atoms with Gasteiger partial charge in [0.15, 0.2) is 0 Å². The van der Waals surface area contributed by atoms with E-state index >= 15 is 0 Å². The first-order chi connectivity index (χ1) is 9.43. The highest BCUT2D eigenvalue weighted by Gasteiger charge is 2.21. The van der Waals surface area contributed by atoms with Gasteiger partial charge in [0, 0.05) is 5.02 Å². The molecule has 0 aliphatic rings. The normalized spacial score (nSPS) is 10.2. The maximum absolute atomic E-state index is 13.4. The number of hydrogen-bond donors (Lipinski definition) is 1. The fourth-order valence-electron chi connectivity index (χ4n) is 1.45. The minimum atomic E-state index is -1.80. The Morgan fingerprint density at radius 2 is 1.70 bits per heavy atom. The van der Waals surface area contributed by atoms with Gasteiger partial charge in [-0.15, -0.1) is 0 Å². The molecule has 0 amide bonds. The van der Waals surface area contributed by atoms with Crippen LogP contribution in [0, 0.1) is 34.9 Å². The van der Waals surface area contributed by atoms with Crippen molar-refractivity contribution < 1.29 is 17.6 Å². The highest BCUT2D eigenvalue weighted by Crippen LogP contribution is 2.29. The van der Waals surface area contributed by atoms with Gasteiger partial charge in [-0.2, -0.15) is 27.8 Å². The summed E-state index contributed by atoms with van der Waals surface area (Å²) in [6.45, 7) is 0. The van der Waals surface area contributed by atoms with E-state index in [0.717, 1.165) is 0 Å². The Morgan fingerprint density at radius 3 is 2.25 bits per heavy atom. The summed E-state index contributed by atoms with van der Waals surface area (Å²) in [5.41, 5.74) is -1.19. The molecular formula is C12H4ClF4N3. The predicted molar refractivity (Wildman–Crippen MR) is 63.5 cm³/mol. The second kappa shape index (κ2) is 5.35. The van der Waals surface area contributed by atoms with Crippen LogP contribution in [0.3, 0.4) is 0 Å². The lowest BCUT2D eigenvalue weighted by molar-refractivity contribution is 0.411. The molecule has 0 saturated carbocycles. The predicted octanol–water partition coefficient (Wildman–Crippen LogP) is 3.91. The van der Waals surface area contributed by atoms with Crippen molar-refractivity contribution in [1.29, 1.82) is 5.26 Å². The summed E-state index contributed by atoms with van der Waals surface area (Å²) in [7, 11) is 0. The van der Waals surface area contributed by atoms with Crippen molar-refractivity contribution in [2.45, 2.75) is 0 Å². The number of aromatic nitrogens is 1. The second-order valence-corrected chi connectivity index (χ2v) is 4.06. The van der Waals surface area contributed by atoms with E-state index in [2.05, 4.69) is 10.3 Å². The molecule has 2 aromatic rings. The van der Waals surface area contributed by atoms with Gasteiger partial charge in [0.05, 0.1) is 11.3 Å². The summed E-state index contributed by atoms with van der Waals surface area (Å²) in [6, 6.07) is 5.60. The van der Waals surface area contributed by atoms with Crippen LogP contribution in [-0.4, -0.2) is 4.98 Å². The van der Waals surface area contributed by atoms with Crippen LogP contribution >= 0.6 is 11.6 Å². The van der Waals surface area contributed by atoms with Gasteiger partial charge in [0.2, 0.25) is 11.6 Å². The summed E-state index contributed by atoms with van der Waals surface area (Å²) in [4.78, 5) is 2.42. The zero-order chi connectivity index (χ0) is 14.9. The number of nitrogens with zero attached hydrogens (tertiary/aromatic N) is 2. The number of halogens is 5. The highest BCUT2D eigenvalue weighted by molar-refractivity contribution is 6.30. The molecule has 1 aromatic heterocycles. The molecule has 1 heterocycles. The molecule has 0 aliphatic heterocycles. The molecule has 0 atom stereocenters. The quantitative estimate of drug-likeness (QED) is 0.676. The first kappa shape index (κ1) is 14.1. The Hall–Kier alpha value is -2.33. The van der Waals surface area contributed by atoms with Crippen molar-refractivity contribution in [1.82, 2.24) is 4.98 Å². The van der Waals surface area contributed by atoms with Gasteiger partial charge in [-0.1, -0.05) is 11.6 Å². The van der Waals surface area contributed by atoms with E-state index < -0.39 is 29.2 Å². The van der Waals surface area contributed by atoms with Gasteiger partial charge in [-0.05, 0) is 18.2 Å². The lowest BCUT2D eigenvalue weighted by atomic mass is 10.2. The lowest BCUT2D eigenvalue weighted by Gasteiger charge is -2.11. The first-order valence-corrected chi connectivity index (χ1v) is 5.48. The number of anilines is 2. The van der Waals surface area contributed by atoms with Gasteiger partial charge in [0.1, 0.15) is 11.8 Å². The fourth-order valence-corrected chi connectivity index (χ4v) is 1.62. The number of hydrogen-bond acceptors (Lipinski definition) is 3. The van der Waals surface area contributed by atoms with Crippen LogP contribution in [0.25, 0.3) is 0 Å². The molecule has 1 aromatic carbocycles. The Labute approximate surface area is 115 Å². The molecule has 0 saturated heterocycles. The standard InChI is InChI=1S/C12H4ClF4N3/c13-6-2-1-5(4-18)7(3-6)19-10-8(14)11(16)20-12(17)9(10)15/h1-3H,(H,19,20). The third-order valence-electron chi connectivity index (χ3n) is 2.36. The molecular weight excluding hydrogens is 298 g/mol. The van der Waals surface area contributed by atoms with Crippen molar-refractivity contribution >= 4 is 23.0 Å². The van der Waals surface area contributed by atoms with E-state index in [1.165, 1.54) is 18.2 Å². The zero-order valence-corrected chi connectivity index (χ0v) is 10.3. The Balaban J connectivity index is 2.56. The number of pyridine rings is 1. The molecule has 0 aliphatic carbocycles. The van der Waals surface area contributed by atoms with E-state index in [1.54, 1.807) is 6.07 Å². The van der Waals surface area contributed by atoms with Crippen LogP contribution < -0.4 is 5.32 Å². The van der Waals surface area contributed by atoms with E-state index in [1.807, 2.05) is 0 Å². The van der Waals surface area contributed by atoms with Gasteiger partial charge >= 0.3 is 0 Å². The Bertz CT molecular complexity index is 701. The van der Waals surface area contributed by atoms with Gasteiger partial charge in [-0.3, -0.25) is 0 Å². The lowest BCUT2D eigenvalue weighted by Crippen LogP contribution is -2.06. The third-order valence-corrected chi connectivity index (χ3v) is 2.59. The van der Waals surface area contributed by atoms with Crippen LogP contribution in [0.2, 0.25) is 5.02 Å². The van der Waals surface area contributed by atoms with Crippen LogP contribution in [0.15, 0.2) is 18.2 Å². The van der Waals surface area contributed by atoms with E-state index in [9.17, 15) is 17.6 Å². The number of nitriles is 1. The Morgan fingerprint density at radius 1 is 1.10 bits per heavy atom. The minimum absolute atomic E-state index is 0.00849. The maximum atomic E-state index is 13.4. The molecule has 0 bridgehead atoms. The van der Waals surface area contributed by atoms with Crippen molar-refractivity contribution in [3.05, 3.63) is 52.3 Å². The monoisotopic (exact) mass is 301 g/mol. The summed E-state index contributed by atoms with van der Waals surface area (Å²) < 4.78 is 52.8. The fraction of sp³-hybridized carbons (Fsp3) is 0. The third kappa shape index (κ3) is 2.51. The van der Waals surface area contributed by atoms with Gasteiger partial charge < -0.3 is 5.32 Å². The van der Waals surface area contributed by atoms with Crippen LogP contribution in [-0.2, 0) is 0 Å². The average molecular weight is 302 g/mol. The molecule has 20 heavy (non-hydrogen) atoms. The largest absolute Gasteiger partial charge is 0.349 e. The number of rotatable bonds is 2. The molecule has 0 spiro atoms.